The monoisotopic (exact) mass is 434 g/mol. The second kappa shape index (κ2) is 7.84. The Bertz CT molecular complexity index is 1310. The minimum atomic E-state index is -0.575. The summed E-state index contributed by atoms with van der Waals surface area (Å²) in [6.45, 7) is 0.900. The van der Waals surface area contributed by atoms with Gasteiger partial charge in [-0.15, -0.1) is 0 Å². The van der Waals surface area contributed by atoms with Crippen molar-refractivity contribution in [3.05, 3.63) is 88.9 Å². The molecule has 0 aliphatic carbocycles. The number of aliphatic hydroxyl groups excluding tert-OH is 1. The molecule has 5 rings (SSSR count). The number of rotatable bonds is 5. The molecule has 0 radical (unpaired) electrons. The number of aliphatic hydroxyl groups is 1. The lowest BCUT2D eigenvalue weighted by molar-refractivity contribution is 0.169. The summed E-state index contributed by atoms with van der Waals surface area (Å²) in [4.78, 5) is 0. The zero-order valence-corrected chi connectivity index (χ0v) is 17.7. The van der Waals surface area contributed by atoms with Crippen molar-refractivity contribution >= 4 is 61.5 Å². The first-order chi connectivity index (χ1) is 14.6. The molecular weight excluding hydrogens is 415 g/mol. The van der Waals surface area contributed by atoms with Crippen molar-refractivity contribution in [2.45, 2.75) is 12.6 Å². The van der Waals surface area contributed by atoms with Gasteiger partial charge in [0.25, 0.3) is 0 Å². The van der Waals surface area contributed by atoms with Gasteiger partial charge in [0.2, 0.25) is 0 Å². The first-order valence-corrected chi connectivity index (χ1v) is 10.6. The molecule has 0 spiro atoms. The SMILES string of the molecule is O[C@@H](CNc1cccc2ccccc12)Cn1c2ccc(Cl)cc2c2cc(Cl)ccc21. The summed E-state index contributed by atoms with van der Waals surface area (Å²) in [5.41, 5.74) is 3.08. The molecule has 2 N–H and O–H groups in total. The number of nitrogens with one attached hydrogen (secondary N) is 1. The normalized spacial score (nSPS) is 12.6. The minimum Gasteiger partial charge on any atom is -0.389 e. The number of aromatic nitrogens is 1. The third-order valence-corrected chi connectivity index (χ3v) is 5.97. The van der Waals surface area contributed by atoms with Crippen molar-refractivity contribution in [2.75, 3.05) is 11.9 Å². The highest BCUT2D eigenvalue weighted by molar-refractivity contribution is 6.33. The Balaban J connectivity index is 1.45. The Morgan fingerprint density at radius 2 is 1.40 bits per heavy atom. The quantitative estimate of drug-likeness (QED) is 0.321. The van der Waals surface area contributed by atoms with E-state index in [9.17, 15) is 5.11 Å². The van der Waals surface area contributed by atoms with Gasteiger partial charge in [-0.25, -0.2) is 0 Å². The highest BCUT2D eigenvalue weighted by atomic mass is 35.5. The maximum atomic E-state index is 10.8. The molecular formula is C25H20Cl2N2O. The second-order valence-electron chi connectivity index (χ2n) is 7.49. The Labute approximate surface area is 184 Å². The van der Waals surface area contributed by atoms with E-state index in [4.69, 9.17) is 23.2 Å². The Morgan fingerprint density at radius 3 is 2.10 bits per heavy atom. The average molecular weight is 435 g/mol. The van der Waals surface area contributed by atoms with Gasteiger partial charge in [-0.2, -0.15) is 0 Å². The third-order valence-electron chi connectivity index (χ3n) is 5.50. The Kier molecular flexibility index (Phi) is 5.03. The van der Waals surface area contributed by atoms with Crippen LogP contribution in [0.15, 0.2) is 78.9 Å². The molecule has 1 heterocycles. The van der Waals surface area contributed by atoms with Crippen molar-refractivity contribution in [1.29, 1.82) is 0 Å². The molecule has 0 aliphatic heterocycles. The fourth-order valence-electron chi connectivity index (χ4n) is 4.13. The van der Waals surface area contributed by atoms with E-state index in [2.05, 4.69) is 28.1 Å². The van der Waals surface area contributed by atoms with Gasteiger partial charge < -0.3 is 15.0 Å². The summed E-state index contributed by atoms with van der Waals surface area (Å²) >= 11 is 12.5. The second-order valence-corrected chi connectivity index (χ2v) is 8.37. The maximum absolute atomic E-state index is 10.8. The molecule has 0 saturated heterocycles. The van der Waals surface area contributed by atoms with E-state index in [0.29, 0.717) is 23.1 Å². The highest BCUT2D eigenvalue weighted by Crippen LogP contribution is 2.33. The first-order valence-electron chi connectivity index (χ1n) is 9.87. The molecule has 0 unspecified atom stereocenters. The summed E-state index contributed by atoms with van der Waals surface area (Å²) in [6, 6.07) is 26.0. The van der Waals surface area contributed by atoms with Crippen LogP contribution in [-0.2, 0) is 6.54 Å². The number of halogens is 2. The van der Waals surface area contributed by atoms with Crippen LogP contribution in [0.5, 0.6) is 0 Å². The van der Waals surface area contributed by atoms with Gasteiger partial charge in [0, 0.05) is 49.5 Å². The van der Waals surface area contributed by atoms with Gasteiger partial charge in [-0.1, -0.05) is 59.6 Å². The number of hydrogen-bond donors (Lipinski definition) is 2. The Morgan fingerprint density at radius 1 is 0.767 bits per heavy atom. The summed E-state index contributed by atoms with van der Waals surface area (Å²) in [5, 5.41) is 20.0. The predicted molar refractivity (Wildman–Crippen MR) is 128 cm³/mol. The van der Waals surface area contributed by atoms with Crippen molar-refractivity contribution < 1.29 is 5.11 Å². The van der Waals surface area contributed by atoms with E-state index in [-0.39, 0.29) is 0 Å². The van der Waals surface area contributed by atoms with Crippen LogP contribution in [0, 0.1) is 0 Å². The molecule has 1 aromatic heterocycles. The van der Waals surface area contributed by atoms with Gasteiger partial charge >= 0.3 is 0 Å². The highest BCUT2D eigenvalue weighted by Gasteiger charge is 2.15. The third kappa shape index (κ3) is 3.50. The van der Waals surface area contributed by atoms with Crippen LogP contribution in [-0.4, -0.2) is 22.3 Å². The van der Waals surface area contributed by atoms with Crippen LogP contribution >= 0.6 is 23.2 Å². The van der Waals surface area contributed by atoms with Gasteiger partial charge in [0.05, 0.1) is 12.6 Å². The number of hydrogen-bond acceptors (Lipinski definition) is 2. The van der Waals surface area contributed by atoms with E-state index >= 15 is 0 Å². The molecule has 0 bridgehead atoms. The lowest BCUT2D eigenvalue weighted by Gasteiger charge is -2.16. The fraction of sp³-hybridized carbons (Fsp3) is 0.120. The van der Waals surface area contributed by atoms with E-state index in [0.717, 1.165) is 32.9 Å². The number of nitrogens with zero attached hydrogens (tertiary/aromatic N) is 1. The van der Waals surface area contributed by atoms with Gasteiger partial charge in [0.15, 0.2) is 0 Å². The zero-order valence-electron chi connectivity index (χ0n) is 16.1. The zero-order chi connectivity index (χ0) is 20.7. The van der Waals surface area contributed by atoms with Crippen molar-refractivity contribution in [1.82, 2.24) is 4.57 Å². The molecule has 0 fully saturated rings. The molecule has 5 heteroatoms. The molecule has 3 nitrogen and oxygen atoms in total. The summed E-state index contributed by atoms with van der Waals surface area (Å²) in [5.74, 6) is 0. The average Bonchev–Trinajstić information content (AvgIpc) is 3.04. The van der Waals surface area contributed by atoms with Gasteiger partial charge in [-0.3, -0.25) is 0 Å². The van der Waals surface area contributed by atoms with Crippen LogP contribution in [0.3, 0.4) is 0 Å². The number of benzene rings is 4. The molecule has 30 heavy (non-hydrogen) atoms. The summed E-state index contributed by atoms with van der Waals surface area (Å²) in [7, 11) is 0. The predicted octanol–water partition coefficient (Wildman–Crippen LogP) is 6.73. The minimum absolute atomic E-state index is 0.441. The molecule has 0 aliphatic rings. The lowest BCUT2D eigenvalue weighted by Crippen LogP contribution is -2.24. The molecule has 5 aromatic rings. The van der Waals surface area contributed by atoms with Crippen LogP contribution in [0.1, 0.15) is 0 Å². The van der Waals surface area contributed by atoms with Crippen LogP contribution in [0.4, 0.5) is 5.69 Å². The smallest absolute Gasteiger partial charge is 0.0891 e. The van der Waals surface area contributed by atoms with E-state index in [1.165, 1.54) is 5.39 Å². The first kappa shape index (κ1) is 19.3. The topological polar surface area (TPSA) is 37.2 Å². The molecule has 150 valence electrons. The van der Waals surface area contributed by atoms with E-state index < -0.39 is 6.10 Å². The number of anilines is 1. The fourth-order valence-corrected chi connectivity index (χ4v) is 4.47. The van der Waals surface area contributed by atoms with Gasteiger partial charge in [-0.05, 0) is 47.9 Å². The molecule has 0 amide bonds. The molecule has 1 atom stereocenters. The van der Waals surface area contributed by atoms with Crippen molar-refractivity contribution in [3.8, 4) is 0 Å². The van der Waals surface area contributed by atoms with E-state index in [1.54, 1.807) is 0 Å². The van der Waals surface area contributed by atoms with Crippen molar-refractivity contribution in [3.63, 3.8) is 0 Å². The van der Waals surface area contributed by atoms with Gasteiger partial charge in [0.1, 0.15) is 0 Å². The Hall–Kier alpha value is -2.72. The lowest BCUT2D eigenvalue weighted by atomic mass is 10.1. The summed E-state index contributed by atoms with van der Waals surface area (Å²) < 4.78 is 2.13. The van der Waals surface area contributed by atoms with Crippen LogP contribution in [0.25, 0.3) is 32.6 Å². The largest absolute Gasteiger partial charge is 0.389 e. The number of fused-ring (bicyclic) bond motifs is 4. The van der Waals surface area contributed by atoms with Crippen LogP contribution < -0.4 is 5.32 Å². The standard InChI is InChI=1S/C25H20Cl2N2O/c26-17-8-10-24-21(12-17)22-13-18(27)9-11-25(22)29(24)15-19(30)14-28-23-7-3-5-16-4-1-2-6-20(16)23/h1-13,19,28,30H,14-15H2/t19-/m0/s1. The van der Waals surface area contributed by atoms with E-state index in [1.807, 2.05) is 60.7 Å². The summed E-state index contributed by atoms with van der Waals surface area (Å²) in [6.07, 6.45) is -0.575. The maximum Gasteiger partial charge on any atom is 0.0891 e. The molecule has 4 aromatic carbocycles. The van der Waals surface area contributed by atoms with Crippen LogP contribution in [0.2, 0.25) is 10.0 Å². The van der Waals surface area contributed by atoms with Crippen molar-refractivity contribution in [2.24, 2.45) is 0 Å². The molecule has 0 saturated carbocycles.